The number of ether oxygens (including phenoxy) is 1. The number of hydrogen-bond donors (Lipinski definition) is 2. The Morgan fingerprint density at radius 3 is 3.16 bits per heavy atom. The molecule has 2 N–H and O–H groups in total. The van der Waals surface area contributed by atoms with E-state index in [4.69, 9.17) is 9.72 Å². The van der Waals surface area contributed by atoms with Gasteiger partial charge in [0, 0.05) is 17.6 Å². The Balaban J connectivity index is 1.88. The third-order valence-electron chi connectivity index (χ3n) is 5.36. The Kier molecular flexibility index (Phi) is 4.07. The molecule has 25 heavy (non-hydrogen) atoms. The fraction of sp³-hybridized carbons (Fsp3) is 0.500. The van der Waals surface area contributed by atoms with Crippen LogP contribution in [0.5, 0.6) is 0 Å². The van der Waals surface area contributed by atoms with E-state index in [0.29, 0.717) is 18.5 Å². The number of aromatic amines is 1. The molecule has 4 rings (SSSR count). The second-order valence-corrected chi connectivity index (χ2v) is 6.64. The highest BCUT2D eigenvalue weighted by Gasteiger charge is 2.31. The summed E-state index contributed by atoms with van der Waals surface area (Å²) in [6, 6.07) is 2.46. The molecule has 2 atom stereocenters. The van der Waals surface area contributed by atoms with Crippen molar-refractivity contribution < 1.29 is 9.53 Å². The van der Waals surface area contributed by atoms with Gasteiger partial charge in [0.05, 0.1) is 25.4 Å². The van der Waals surface area contributed by atoms with E-state index < -0.39 is 6.09 Å². The molecule has 2 unspecified atom stereocenters. The molecule has 1 fully saturated rings. The number of imidazole rings is 1. The second-order valence-electron chi connectivity index (χ2n) is 6.64. The molecule has 0 aliphatic heterocycles. The quantitative estimate of drug-likeness (QED) is 0.760. The van der Waals surface area contributed by atoms with E-state index in [1.165, 1.54) is 20.0 Å². The summed E-state index contributed by atoms with van der Waals surface area (Å²) in [7, 11) is 1.37. The van der Waals surface area contributed by atoms with E-state index in [2.05, 4.69) is 32.8 Å². The molecule has 0 saturated heterocycles. The maximum atomic E-state index is 11.5. The van der Waals surface area contributed by atoms with Crippen molar-refractivity contribution in [1.82, 2.24) is 24.8 Å². The van der Waals surface area contributed by atoms with Gasteiger partial charge in [0.15, 0.2) is 0 Å². The van der Waals surface area contributed by atoms with Crippen molar-refractivity contribution in [2.24, 2.45) is 5.92 Å². The van der Waals surface area contributed by atoms with Crippen molar-refractivity contribution in [3.05, 3.63) is 24.3 Å². The number of fused-ring (bicyclic) bond motifs is 3. The molecule has 1 aliphatic carbocycles. The van der Waals surface area contributed by atoms with E-state index in [0.717, 1.165) is 40.7 Å². The molecule has 7 heteroatoms. The first-order valence-corrected chi connectivity index (χ1v) is 8.87. The highest BCUT2D eigenvalue weighted by Crippen LogP contribution is 2.41. The topological polar surface area (TPSA) is 84.8 Å². The van der Waals surface area contributed by atoms with Crippen LogP contribution in [-0.2, 0) is 11.3 Å². The molecular formula is C18H23N5O2. The van der Waals surface area contributed by atoms with Crippen LogP contribution in [0, 0.1) is 5.92 Å². The fourth-order valence-corrected chi connectivity index (χ4v) is 4.18. The zero-order chi connectivity index (χ0) is 17.4. The number of aromatic nitrogens is 4. The Morgan fingerprint density at radius 2 is 2.36 bits per heavy atom. The second kappa shape index (κ2) is 6.38. The van der Waals surface area contributed by atoms with Crippen LogP contribution >= 0.6 is 0 Å². The van der Waals surface area contributed by atoms with Gasteiger partial charge in [0.25, 0.3) is 0 Å². The molecule has 1 saturated carbocycles. The first kappa shape index (κ1) is 15.9. The predicted molar refractivity (Wildman–Crippen MR) is 95.3 cm³/mol. The molecule has 3 heterocycles. The monoisotopic (exact) mass is 341 g/mol. The average molecular weight is 341 g/mol. The van der Waals surface area contributed by atoms with Crippen LogP contribution < -0.4 is 5.32 Å². The standard InChI is InChI=1S/C18H23N5O2/c1-3-11-5-4-6-14(11)23-15(10-21-18(24)25-2)22-13-9-20-17-12(16(13)23)7-8-19-17/h7-9,11,14H,3-6,10H2,1-2H3,(H,19,20)(H,21,24). The molecule has 7 nitrogen and oxygen atoms in total. The summed E-state index contributed by atoms with van der Waals surface area (Å²) in [6.45, 7) is 2.60. The van der Waals surface area contributed by atoms with Gasteiger partial charge in [-0.2, -0.15) is 0 Å². The number of H-pyrrole nitrogens is 1. The SMILES string of the molecule is CCC1CCCC1n1c(CNC(=O)OC)nc2cnc3[nH]ccc3c21. The number of hydrogen-bond acceptors (Lipinski definition) is 4. The minimum Gasteiger partial charge on any atom is -0.453 e. The lowest BCUT2D eigenvalue weighted by Crippen LogP contribution is -2.26. The third kappa shape index (κ3) is 2.63. The number of pyridine rings is 1. The van der Waals surface area contributed by atoms with Crippen LogP contribution in [0.3, 0.4) is 0 Å². The minimum atomic E-state index is -0.443. The first-order valence-electron chi connectivity index (χ1n) is 8.87. The Labute approximate surface area is 145 Å². The minimum absolute atomic E-state index is 0.347. The molecule has 1 amide bonds. The lowest BCUT2D eigenvalue weighted by molar-refractivity contribution is 0.170. The zero-order valence-corrected chi connectivity index (χ0v) is 14.6. The lowest BCUT2D eigenvalue weighted by Gasteiger charge is -2.23. The summed E-state index contributed by atoms with van der Waals surface area (Å²) in [5.74, 6) is 1.50. The van der Waals surface area contributed by atoms with Gasteiger partial charge >= 0.3 is 6.09 Å². The van der Waals surface area contributed by atoms with Crippen molar-refractivity contribution in [3.8, 4) is 0 Å². The summed E-state index contributed by atoms with van der Waals surface area (Å²) < 4.78 is 7.04. The fourth-order valence-electron chi connectivity index (χ4n) is 4.18. The van der Waals surface area contributed by atoms with Gasteiger partial charge in [0.2, 0.25) is 0 Å². The number of carbonyl (C=O) groups is 1. The Bertz CT molecular complexity index is 913. The van der Waals surface area contributed by atoms with E-state index in [1.54, 1.807) is 0 Å². The summed E-state index contributed by atoms with van der Waals surface area (Å²) in [5.41, 5.74) is 2.85. The van der Waals surface area contributed by atoms with Gasteiger partial charge in [0.1, 0.15) is 17.0 Å². The highest BCUT2D eigenvalue weighted by molar-refractivity contribution is 6.01. The van der Waals surface area contributed by atoms with Crippen LogP contribution in [0.15, 0.2) is 18.5 Å². The number of nitrogens with zero attached hydrogens (tertiary/aromatic N) is 3. The molecule has 3 aromatic rings. The molecule has 0 aromatic carbocycles. The van der Waals surface area contributed by atoms with E-state index >= 15 is 0 Å². The lowest BCUT2D eigenvalue weighted by atomic mass is 10.00. The van der Waals surface area contributed by atoms with Gasteiger partial charge in [-0.25, -0.2) is 14.8 Å². The van der Waals surface area contributed by atoms with Gasteiger partial charge in [-0.15, -0.1) is 0 Å². The number of amides is 1. The zero-order valence-electron chi connectivity index (χ0n) is 14.6. The van der Waals surface area contributed by atoms with E-state index in [9.17, 15) is 4.79 Å². The van der Waals surface area contributed by atoms with E-state index in [1.807, 2.05) is 12.4 Å². The summed E-state index contributed by atoms with van der Waals surface area (Å²) in [4.78, 5) is 24.0. The third-order valence-corrected chi connectivity index (χ3v) is 5.36. The maximum Gasteiger partial charge on any atom is 0.407 e. The van der Waals surface area contributed by atoms with Crippen molar-refractivity contribution >= 4 is 28.2 Å². The molecular weight excluding hydrogens is 318 g/mol. The van der Waals surface area contributed by atoms with Crippen molar-refractivity contribution in [2.75, 3.05) is 7.11 Å². The number of rotatable bonds is 4. The van der Waals surface area contributed by atoms with Gasteiger partial charge in [-0.05, 0) is 24.8 Å². The van der Waals surface area contributed by atoms with Crippen LogP contribution in [0.2, 0.25) is 0 Å². The summed E-state index contributed by atoms with van der Waals surface area (Å²) >= 11 is 0. The summed E-state index contributed by atoms with van der Waals surface area (Å²) in [6.07, 6.45) is 8.04. The number of nitrogens with one attached hydrogen (secondary N) is 2. The van der Waals surface area contributed by atoms with Gasteiger partial charge < -0.3 is 19.6 Å². The number of alkyl carbamates (subject to hydrolysis) is 1. The molecule has 0 radical (unpaired) electrons. The molecule has 1 aliphatic rings. The largest absolute Gasteiger partial charge is 0.453 e. The van der Waals surface area contributed by atoms with Crippen LogP contribution in [-0.4, -0.2) is 32.7 Å². The average Bonchev–Trinajstić information content (AvgIpc) is 3.34. The molecule has 0 spiro atoms. The highest BCUT2D eigenvalue weighted by atomic mass is 16.5. The normalized spacial score (nSPS) is 20.4. The van der Waals surface area contributed by atoms with Crippen LogP contribution in [0.25, 0.3) is 22.1 Å². The van der Waals surface area contributed by atoms with Crippen molar-refractivity contribution in [1.29, 1.82) is 0 Å². The first-order chi connectivity index (χ1) is 12.2. The number of methoxy groups -OCH3 is 1. The number of carbonyl (C=O) groups excluding carboxylic acids is 1. The maximum absolute atomic E-state index is 11.5. The van der Waals surface area contributed by atoms with E-state index in [-0.39, 0.29) is 0 Å². The van der Waals surface area contributed by atoms with Gasteiger partial charge in [-0.3, -0.25) is 0 Å². The van der Waals surface area contributed by atoms with Crippen molar-refractivity contribution in [3.63, 3.8) is 0 Å². The molecule has 0 bridgehead atoms. The Hall–Kier alpha value is -2.57. The smallest absolute Gasteiger partial charge is 0.407 e. The van der Waals surface area contributed by atoms with Gasteiger partial charge in [-0.1, -0.05) is 19.8 Å². The van der Waals surface area contributed by atoms with Crippen LogP contribution in [0.1, 0.15) is 44.5 Å². The Morgan fingerprint density at radius 1 is 1.48 bits per heavy atom. The predicted octanol–water partition coefficient (Wildman–Crippen LogP) is 3.52. The van der Waals surface area contributed by atoms with Crippen molar-refractivity contribution in [2.45, 2.75) is 45.2 Å². The molecule has 132 valence electrons. The van der Waals surface area contributed by atoms with Crippen LogP contribution in [0.4, 0.5) is 4.79 Å². The molecule has 3 aromatic heterocycles. The summed E-state index contributed by atoms with van der Waals surface area (Å²) in [5, 5.41) is 3.86.